The van der Waals surface area contributed by atoms with Crippen molar-refractivity contribution in [2.75, 3.05) is 19.6 Å². The third-order valence-electron chi connectivity index (χ3n) is 5.48. The van der Waals surface area contributed by atoms with Crippen LogP contribution in [-0.4, -0.2) is 56.1 Å². The average Bonchev–Trinajstić information content (AvgIpc) is 3.42. The molecule has 1 atom stereocenters. The van der Waals surface area contributed by atoms with E-state index in [1.807, 2.05) is 36.2 Å². The molecule has 142 valence electrons. The van der Waals surface area contributed by atoms with Crippen molar-refractivity contribution in [1.29, 1.82) is 0 Å². The van der Waals surface area contributed by atoms with Gasteiger partial charge in [0.15, 0.2) is 0 Å². The molecule has 1 aromatic carbocycles. The van der Waals surface area contributed by atoms with Crippen molar-refractivity contribution in [1.82, 2.24) is 24.5 Å². The van der Waals surface area contributed by atoms with E-state index in [9.17, 15) is 4.79 Å². The number of likely N-dealkylation sites (tertiary alicyclic amines) is 1. The Kier molecular flexibility index (Phi) is 4.94. The van der Waals surface area contributed by atoms with Gasteiger partial charge in [0.05, 0.1) is 23.8 Å². The second kappa shape index (κ2) is 7.52. The third kappa shape index (κ3) is 3.47. The summed E-state index contributed by atoms with van der Waals surface area (Å²) in [6.45, 7) is 5.38. The van der Waals surface area contributed by atoms with Crippen LogP contribution in [0.2, 0.25) is 0 Å². The van der Waals surface area contributed by atoms with Crippen LogP contribution in [0.4, 0.5) is 0 Å². The smallest absolute Gasteiger partial charge is 0.292 e. The number of para-hydroxylation sites is 2. The van der Waals surface area contributed by atoms with Crippen LogP contribution in [0.1, 0.15) is 36.1 Å². The number of hydrogen-bond donors (Lipinski definition) is 0. The molecule has 7 nitrogen and oxygen atoms in total. The van der Waals surface area contributed by atoms with Crippen molar-refractivity contribution in [3.8, 4) is 0 Å². The summed E-state index contributed by atoms with van der Waals surface area (Å²) in [4.78, 5) is 22.1. The molecule has 7 heteroatoms. The van der Waals surface area contributed by atoms with Gasteiger partial charge in [-0.25, -0.2) is 4.98 Å². The number of likely N-dealkylation sites (N-methyl/N-ethyl adjacent to an activating group) is 1. The Morgan fingerprint density at radius 1 is 1.33 bits per heavy atom. The minimum Gasteiger partial charge on any atom is -0.351 e. The fourth-order valence-electron chi connectivity index (χ4n) is 3.98. The van der Waals surface area contributed by atoms with Crippen LogP contribution < -0.4 is 0 Å². The Balaban J connectivity index is 1.62. The predicted molar refractivity (Wildman–Crippen MR) is 102 cm³/mol. The molecule has 1 aliphatic rings. The Hall–Kier alpha value is -2.67. The van der Waals surface area contributed by atoms with Gasteiger partial charge in [-0.3, -0.25) is 9.69 Å². The number of aryl methyl sites for hydroxylation is 1. The Morgan fingerprint density at radius 3 is 2.93 bits per heavy atom. The van der Waals surface area contributed by atoms with Crippen molar-refractivity contribution >= 4 is 16.9 Å². The Morgan fingerprint density at radius 2 is 2.19 bits per heavy atom. The molecule has 1 saturated heterocycles. The molecule has 4 rings (SSSR count). The molecule has 0 saturated carbocycles. The molecule has 3 aromatic rings. The summed E-state index contributed by atoms with van der Waals surface area (Å²) in [5.74, 6) is 1.00. The Bertz CT molecular complexity index is 918. The summed E-state index contributed by atoms with van der Waals surface area (Å²) in [7, 11) is 2.00. The fraction of sp³-hybridized carbons (Fsp3) is 0.450. The largest absolute Gasteiger partial charge is 0.351 e. The highest BCUT2D eigenvalue weighted by Crippen LogP contribution is 2.21. The van der Waals surface area contributed by atoms with E-state index in [1.165, 1.54) is 12.6 Å². The SMILES string of the molecule is CCN1CCC[C@H]1CN(Cc1nc2ccccc2n1C)C(=O)c1ccno1. The van der Waals surface area contributed by atoms with E-state index in [0.29, 0.717) is 19.1 Å². The fourth-order valence-corrected chi connectivity index (χ4v) is 3.98. The normalized spacial score (nSPS) is 17.6. The lowest BCUT2D eigenvalue weighted by molar-refractivity contribution is 0.0644. The van der Waals surface area contributed by atoms with Gasteiger partial charge in [0.1, 0.15) is 5.82 Å². The molecule has 0 bridgehead atoms. The molecule has 27 heavy (non-hydrogen) atoms. The highest BCUT2D eigenvalue weighted by Gasteiger charge is 2.29. The maximum absolute atomic E-state index is 13.1. The standard InChI is InChI=1S/C20H25N5O2/c1-3-24-12-6-7-15(24)13-25(20(26)18-10-11-21-27-18)14-19-22-16-8-4-5-9-17(16)23(19)2/h4-5,8-11,15H,3,6-7,12-14H2,1-2H3/t15-/m0/s1. The minimum atomic E-state index is -0.137. The third-order valence-corrected chi connectivity index (χ3v) is 5.48. The van der Waals surface area contributed by atoms with Gasteiger partial charge < -0.3 is 14.0 Å². The number of aromatic nitrogens is 3. The summed E-state index contributed by atoms with van der Waals surface area (Å²) in [5, 5.41) is 3.69. The van der Waals surface area contributed by atoms with Crippen LogP contribution in [0.15, 0.2) is 41.1 Å². The molecule has 1 aliphatic heterocycles. The van der Waals surface area contributed by atoms with Crippen LogP contribution in [0, 0.1) is 0 Å². The van der Waals surface area contributed by atoms with Gasteiger partial charge in [0.25, 0.3) is 5.91 Å². The lowest BCUT2D eigenvalue weighted by Gasteiger charge is -2.29. The number of carbonyl (C=O) groups excluding carboxylic acids is 1. The molecular formula is C20H25N5O2. The maximum Gasteiger partial charge on any atom is 0.292 e. The molecule has 1 fully saturated rings. The van der Waals surface area contributed by atoms with Crippen molar-refractivity contribution in [3.05, 3.63) is 48.1 Å². The predicted octanol–water partition coefficient (Wildman–Crippen LogP) is 2.69. The summed E-state index contributed by atoms with van der Waals surface area (Å²) < 4.78 is 7.20. The lowest BCUT2D eigenvalue weighted by atomic mass is 10.2. The first kappa shape index (κ1) is 17.7. The first-order valence-electron chi connectivity index (χ1n) is 9.51. The quantitative estimate of drug-likeness (QED) is 0.670. The molecule has 0 spiro atoms. The molecule has 0 N–H and O–H groups in total. The van der Waals surface area contributed by atoms with Crippen molar-refractivity contribution in [2.24, 2.45) is 7.05 Å². The topological polar surface area (TPSA) is 67.4 Å². The first-order chi connectivity index (χ1) is 13.2. The number of nitrogens with zero attached hydrogens (tertiary/aromatic N) is 5. The van der Waals surface area contributed by atoms with E-state index >= 15 is 0 Å². The van der Waals surface area contributed by atoms with Crippen LogP contribution in [0.25, 0.3) is 11.0 Å². The van der Waals surface area contributed by atoms with Gasteiger partial charge in [0, 0.05) is 25.7 Å². The van der Waals surface area contributed by atoms with Gasteiger partial charge in [-0.15, -0.1) is 0 Å². The van der Waals surface area contributed by atoms with E-state index < -0.39 is 0 Å². The Labute approximate surface area is 158 Å². The molecular weight excluding hydrogens is 342 g/mol. The van der Waals surface area contributed by atoms with Crippen LogP contribution in [-0.2, 0) is 13.6 Å². The van der Waals surface area contributed by atoms with Gasteiger partial charge in [0.2, 0.25) is 5.76 Å². The second-order valence-electron chi connectivity index (χ2n) is 7.06. The van der Waals surface area contributed by atoms with E-state index in [1.54, 1.807) is 6.07 Å². The zero-order valence-electron chi connectivity index (χ0n) is 15.8. The number of hydrogen-bond acceptors (Lipinski definition) is 5. The van der Waals surface area contributed by atoms with Gasteiger partial charge in [-0.05, 0) is 38.1 Å². The summed E-state index contributed by atoms with van der Waals surface area (Å²) >= 11 is 0. The van der Waals surface area contributed by atoms with E-state index in [-0.39, 0.29) is 11.7 Å². The van der Waals surface area contributed by atoms with Gasteiger partial charge >= 0.3 is 0 Å². The van der Waals surface area contributed by atoms with Crippen LogP contribution in [0.3, 0.4) is 0 Å². The number of imidazole rings is 1. The molecule has 0 aliphatic carbocycles. The molecule has 2 aromatic heterocycles. The minimum absolute atomic E-state index is 0.137. The zero-order valence-corrected chi connectivity index (χ0v) is 15.8. The van der Waals surface area contributed by atoms with E-state index in [0.717, 1.165) is 36.4 Å². The van der Waals surface area contributed by atoms with Crippen molar-refractivity contribution in [3.63, 3.8) is 0 Å². The first-order valence-corrected chi connectivity index (χ1v) is 9.51. The van der Waals surface area contributed by atoms with Crippen molar-refractivity contribution in [2.45, 2.75) is 32.4 Å². The van der Waals surface area contributed by atoms with Crippen molar-refractivity contribution < 1.29 is 9.32 Å². The van der Waals surface area contributed by atoms with Crippen LogP contribution in [0.5, 0.6) is 0 Å². The summed E-state index contributed by atoms with van der Waals surface area (Å²) in [6, 6.07) is 10.0. The van der Waals surface area contributed by atoms with Crippen LogP contribution >= 0.6 is 0 Å². The average molecular weight is 367 g/mol. The highest BCUT2D eigenvalue weighted by atomic mass is 16.5. The number of amides is 1. The second-order valence-corrected chi connectivity index (χ2v) is 7.06. The number of rotatable bonds is 6. The van der Waals surface area contributed by atoms with Gasteiger partial charge in [-0.2, -0.15) is 0 Å². The summed E-state index contributed by atoms with van der Waals surface area (Å²) in [6.07, 6.45) is 3.79. The van der Waals surface area contributed by atoms with E-state index in [4.69, 9.17) is 9.51 Å². The molecule has 0 radical (unpaired) electrons. The maximum atomic E-state index is 13.1. The molecule has 3 heterocycles. The molecule has 1 amide bonds. The number of fused-ring (bicyclic) bond motifs is 1. The molecule has 0 unspecified atom stereocenters. The monoisotopic (exact) mass is 367 g/mol. The number of carbonyl (C=O) groups is 1. The van der Waals surface area contributed by atoms with Gasteiger partial charge in [-0.1, -0.05) is 24.2 Å². The summed E-state index contributed by atoms with van der Waals surface area (Å²) in [5.41, 5.74) is 2.01. The number of benzene rings is 1. The van der Waals surface area contributed by atoms with E-state index in [2.05, 4.69) is 21.5 Å². The highest BCUT2D eigenvalue weighted by molar-refractivity contribution is 5.91. The zero-order chi connectivity index (χ0) is 18.8. The lowest BCUT2D eigenvalue weighted by Crippen LogP contribution is -2.43.